The SMILES string of the molecule is COc1ccc(CNCc2ccc(-c3cccc(-c4nc5ccc(F)cc5[nH]4)c3)cc2)cc1. The second kappa shape index (κ2) is 9.27. The number of H-pyrrole nitrogens is 1. The lowest BCUT2D eigenvalue weighted by Crippen LogP contribution is -2.12. The Balaban J connectivity index is 1.26. The second-order valence-electron chi connectivity index (χ2n) is 7.98. The maximum atomic E-state index is 13.5. The lowest BCUT2D eigenvalue weighted by molar-refractivity contribution is 0.414. The van der Waals surface area contributed by atoms with Crippen molar-refractivity contribution in [2.75, 3.05) is 7.11 Å². The van der Waals surface area contributed by atoms with Crippen molar-refractivity contribution in [3.63, 3.8) is 0 Å². The lowest BCUT2D eigenvalue weighted by atomic mass is 10.0. The highest BCUT2D eigenvalue weighted by molar-refractivity contribution is 5.80. The van der Waals surface area contributed by atoms with Crippen molar-refractivity contribution in [3.05, 3.63) is 108 Å². The van der Waals surface area contributed by atoms with E-state index in [0.717, 1.165) is 46.9 Å². The summed E-state index contributed by atoms with van der Waals surface area (Å²) in [5.41, 5.74) is 7.11. The molecule has 4 aromatic carbocycles. The highest BCUT2D eigenvalue weighted by atomic mass is 19.1. The number of halogens is 1. The van der Waals surface area contributed by atoms with Gasteiger partial charge in [-0.2, -0.15) is 0 Å². The smallest absolute Gasteiger partial charge is 0.138 e. The summed E-state index contributed by atoms with van der Waals surface area (Å²) in [5, 5.41) is 3.48. The van der Waals surface area contributed by atoms with Crippen LogP contribution < -0.4 is 10.1 Å². The van der Waals surface area contributed by atoms with Crippen molar-refractivity contribution in [1.82, 2.24) is 15.3 Å². The monoisotopic (exact) mass is 437 g/mol. The van der Waals surface area contributed by atoms with Gasteiger partial charge in [0.15, 0.2) is 0 Å². The van der Waals surface area contributed by atoms with Crippen LogP contribution in [0.2, 0.25) is 0 Å². The van der Waals surface area contributed by atoms with Crippen molar-refractivity contribution in [2.45, 2.75) is 13.1 Å². The minimum absolute atomic E-state index is 0.273. The molecule has 2 N–H and O–H groups in total. The molecule has 5 rings (SSSR count). The maximum absolute atomic E-state index is 13.5. The van der Waals surface area contributed by atoms with E-state index in [1.54, 1.807) is 13.2 Å². The van der Waals surface area contributed by atoms with Crippen molar-refractivity contribution in [2.24, 2.45) is 0 Å². The van der Waals surface area contributed by atoms with Crippen LogP contribution in [0, 0.1) is 5.82 Å². The summed E-state index contributed by atoms with van der Waals surface area (Å²) in [5.74, 6) is 1.33. The highest BCUT2D eigenvalue weighted by Gasteiger charge is 2.08. The number of nitrogens with zero attached hydrogens (tertiary/aromatic N) is 1. The molecule has 0 spiro atoms. The molecule has 0 saturated carbocycles. The van der Waals surface area contributed by atoms with E-state index in [2.05, 4.69) is 63.8 Å². The molecule has 0 aliphatic heterocycles. The zero-order valence-electron chi connectivity index (χ0n) is 18.3. The van der Waals surface area contributed by atoms with E-state index in [4.69, 9.17) is 4.74 Å². The van der Waals surface area contributed by atoms with Crippen LogP contribution in [0.5, 0.6) is 5.75 Å². The Morgan fingerprint density at radius 1 is 0.788 bits per heavy atom. The molecule has 1 aromatic heterocycles. The van der Waals surface area contributed by atoms with Gasteiger partial charge >= 0.3 is 0 Å². The summed E-state index contributed by atoms with van der Waals surface area (Å²) in [6.07, 6.45) is 0. The first-order chi connectivity index (χ1) is 16.2. The van der Waals surface area contributed by atoms with Crippen molar-refractivity contribution in [3.8, 4) is 28.3 Å². The first-order valence-electron chi connectivity index (χ1n) is 10.9. The van der Waals surface area contributed by atoms with Gasteiger partial charge in [-0.3, -0.25) is 0 Å². The van der Waals surface area contributed by atoms with Gasteiger partial charge in [-0.05, 0) is 58.7 Å². The Labute approximate surface area is 192 Å². The van der Waals surface area contributed by atoms with Gasteiger partial charge < -0.3 is 15.0 Å². The van der Waals surface area contributed by atoms with Gasteiger partial charge in [0, 0.05) is 18.7 Å². The molecule has 0 saturated heterocycles. The largest absolute Gasteiger partial charge is 0.497 e. The predicted molar refractivity (Wildman–Crippen MR) is 130 cm³/mol. The van der Waals surface area contributed by atoms with Crippen molar-refractivity contribution < 1.29 is 9.13 Å². The van der Waals surface area contributed by atoms with Gasteiger partial charge in [0.05, 0.1) is 18.1 Å². The van der Waals surface area contributed by atoms with E-state index in [1.165, 1.54) is 23.3 Å². The average molecular weight is 438 g/mol. The Kier molecular flexibility index (Phi) is 5.87. The van der Waals surface area contributed by atoms with E-state index in [9.17, 15) is 4.39 Å². The number of aromatic amines is 1. The number of fused-ring (bicyclic) bond motifs is 1. The fourth-order valence-corrected chi connectivity index (χ4v) is 3.87. The van der Waals surface area contributed by atoms with Crippen LogP contribution in [0.1, 0.15) is 11.1 Å². The number of imidazole rings is 1. The summed E-state index contributed by atoms with van der Waals surface area (Å²) in [4.78, 5) is 7.82. The summed E-state index contributed by atoms with van der Waals surface area (Å²) >= 11 is 0. The molecule has 0 bridgehead atoms. The average Bonchev–Trinajstić information content (AvgIpc) is 3.28. The molecule has 0 aliphatic carbocycles. The Hall–Kier alpha value is -3.96. The van der Waals surface area contributed by atoms with Gasteiger partial charge in [-0.1, -0.05) is 54.6 Å². The standard InChI is InChI=1S/C28H24FN3O/c1-33-25-12-7-20(8-13-25)18-30-17-19-5-9-21(10-6-19)22-3-2-4-23(15-22)28-31-26-14-11-24(29)16-27(26)32-28/h2-16,30H,17-18H2,1H3,(H,31,32). The third-order valence-electron chi connectivity index (χ3n) is 5.68. The van der Waals surface area contributed by atoms with Crippen LogP contribution in [0.25, 0.3) is 33.5 Å². The molecule has 1 heterocycles. The Morgan fingerprint density at radius 2 is 1.48 bits per heavy atom. The summed E-state index contributed by atoms with van der Waals surface area (Å²) < 4.78 is 18.7. The number of benzene rings is 4. The van der Waals surface area contributed by atoms with Crippen LogP contribution in [0.4, 0.5) is 4.39 Å². The van der Waals surface area contributed by atoms with Gasteiger partial charge in [0.2, 0.25) is 0 Å². The van der Waals surface area contributed by atoms with Crippen LogP contribution in [-0.2, 0) is 13.1 Å². The molecule has 5 heteroatoms. The minimum Gasteiger partial charge on any atom is -0.497 e. The van der Waals surface area contributed by atoms with E-state index < -0.39 is 0 Å². The molecule has 4 nitrogen and oxygen atoms in total. The minimum atomic E-state index is -0.273. The van der Waals surface area contributed by atoms with Crippen LogP contribution in [0.15, 0.2) is 91.0 Å². The Bertz CT molecular complexity index is 1370. The first kappa shape index (κ1) is 20.9. The number of nitrogens with one attached hydrogen (secondary N) is 2. The summed E-state index contributed by atoms with van der Waals surface area (Å²) in [6.45, 7) is 1.59. The van der Waals surface area contributed by atoms with Gasteiger partial charge in [-0.15, -0.1) is 0 Å². The fraction of sp³-hybridized carbons (Fsp3) is 0.107. The third-order valence-corrected chi connectivity index (χ3v) is 5.68. The quantitative estimate of drug-likeness (QED) is 0.313. The molecule has 164 valence electrons. The van der Waals surface area contributed by atoms with E-state index in [1.807, 2.05) is 24.3 Å². The normalized spacial score (nSPS) is 11.1. The second-order valence-corrected chi connectivity index (χ2v) is 7.98. The number of hydrogen-bond donors (Lipinski definition) is 2. The van der Waals surface area contributed by atoms with E-state index in [-0.39, 0.29) is 5.82 Å². The molecule has 5 aromatic rings. The number of ether oxygens (including phenoxy) is 1. The molecular weight excluding hydrogens is 413 g/mol. The number of methoxy groups -OCH3 is 1. The van der Waals surface area contributed by atoms with Crippen LogP contribution in [-0.4, -0.2) is 17.1 Å². The van der Waals surface area contributed by atoms with E-state index in [0.29, 0.717) is 5.52 Å². The third kappa shape index (κ3) is 4.78. The van der Waals surface area contributed by atoms with Gasteiger partial charge in [0.1, 0.15) is 17.4 Å². The molecule has 0 fully saturated rings. The van der Waals surface area contributed by atoms with Crippen LogP contribution in [0.3, 0.4) is 0 Å². The zero-order chi connectivity index (χ0) is 22.6. The van der Waals surface area contributed by atoms with Gasteiger partial charge in [0.25, 0.3) is 0 Å². The molecule has 0 aliphatic rings. The van der Waals surface area contributed by atoms with Crippen molar-refractivity contribution >= 4 is 11.0 Å². The molecule has 33 heavy (non-hydrogen) atoms. The fourth-order valence-electron chi connectivity index (χ4n) is 3.87. The topological polar surface area (TPSA) is 49.9 Å². The summed E-state index contributed by atoms with van der Waals surface area (Å²) in [7, 11) is 1.67. The molecular formula is C28H24FN3O. The lowest BCUT2D eigenvalue weighted by Gasteiger charge is -2.08. The molecule has 0 amide bonds. The van der Waals surface area contributed by atoms with Gasteiger partial charge in [-0.25, -0.2) is 9.37 Å². The number of rotatable bonds is 7. The maximum Gasteiger partial charge on any atom is 0.138 e. The highest BCUT2D eigenvalue weighted by Crippen LogP contribution is 2.27. The zero-order valence-corrected chi connectivity index (χ0v) is 18.3. The molecule has 0 atom stereocenters. The first-order valence-corrected chi connectivity index (χ1v) is 10.9. The Morgan fingerprint density at radius 3 is 2.21 bits per heavy atom. The van der Waals surface area contributed by atoms with Crippen LogP contribution >= 0.6 is 0 Å². The number of aromatic nitrogens is 2. The van der Waals surface area contributed by atoms with Crippen molar-refractivity contribution in [1.29, 1.82) is 0 Å². The predicted octanol–water partition coefficient (Wildman–Crippen LogP) is 6.33. The molecule has 0 radical (unpaired) electrons. The number of hydrogen-bond acceptors (Lipinski definition) is 3. The van der Waals surface area contributed by atoms with E-state index >= 15 is 0 Å². The summed E-state index contributed by atoms with van der Waals surface area (Å²) in [6, 6.07) is 29.5. The molecule has 0 unspecified atom stereocenters.